The minimum absolute atomic E-state index is 0.316. The number of hydrogen-bond acceptors (Lipinski definition) is 3. The van der Waals surface area contributed by atoms with Gasteiger partial charge in [-0.1, -0.05) is 24.3 Å². The Labute approximate surface area is 127 Å². The van der Waals surface area contributed by atoms with Crippen molar-refractivity contribution < 1.29 is 9.53 Å². The zero-order valence-electron chi connectivity index (χ0n) is 12.3. The molecule has 0 unspecified atom stereocenters. The van der Waals surface area contributed by atoms with Gasteiger partial charge in [0.2, 0.25) is 5.95 Å². The largest absolute Gasteiger partial charge is 0.496 e. The van der Waals surface area contributed by atoms with Gasteiger partial charge in [0.25, 0.3) is 0 Å². The monoisotopic (exact) mass is 296 g/mol. The maximum absolute atomic E-state index is 11.3. The number of methoxy groups -OCH3 is 1. The van der Waals surface area contributed by atoms with Gasteiger partial charge in [-0.2, -0.15) is 0 Å². The van der Waals surface area contributed by atoms with E-state index >= 15 is 0 Å². The normalized spacial score (nSPS) is 10.5. The number of fused-ring (bicyclic) bond motifs is 1. The summed E-state index contributed by atoms with van der Waals surface area (Å²) in [5.41, 5.74) is 3.64. The molecule has 0 aliphatic heterocycles. The molecule has 3 aromatic rings. The minimum atomic E-state index is -0.316. The summed E-state index contributed by atoms with van der Waals surface area (Å²) in [6, 6.07) is 13.4. The standard InChI is InChI=1S/C16H16N4O2/c1-17-16(21)20-15-18-12-8-7-10(9-13(12)19-15)11-5-3-4-6-14(11)22-2/h3-9H,1-2H3,(H3,17,18,19,20,21). The van der Waals surface area contributed by atoms with Crippen molar-refractivity contribution in [2.45, 2.75) is 0 Å². The third-order valence-electron chi connectivity index (χ3n) is 3.36. The molecule has 0 saturated carbocycles. The lowest BCUT2D eigenvalue weighted by Crippen LogP contribution is -2.24. The van der Waals surface area contributed by atoms with Gasteiger partial charge in [-0.25, -0.2) is 9.78 Å². The third-order valence-corrected chi connectivity index (χ3v) is 3.36. The number of anilines is 1. The summed E-state index contributed by atoms with van der Waals surface area (Å²) < 4.78 is 5.39. The van der Waals surface area contributed by atoms with Crippen LogP contribution < -0.4 is 15.4 Å². The number of para-hydroxylation sites is 1. The molecule has 0 spiro atoms. The Kier molecular flexibility index (Phi) is 3.65. The maximum atomic E-state index is 11.3. The lowest BCUT2D eigenvalue weighted by atomic mass is 10.0. The van der Waals surface area contributed by atoms with Crippen molar-refractivity contribution >= 4 is 23.0 Å². The van der Waals surface area contributed by atoms with Crippen LogP contribution in [-0.2, 0) is 0 Å². The molecule has 0 aliphatic carbocycles. The van der Waals surface area contributed by atoms with E-state index in [-0.39, 0.29) is 6.03 Å². The summed E-state index contributed by atoms with van der Waals surface area (Å²) in [5.74, 6) is 1.22. The van der Waals surface area contributed by atoms with Gasteiger partial charge in [-0.15, -0.1) is 0 Å². The van der Waals surface area contributed by atoms with E-state index in [0.29, 0.717) is 5.95 Å². The van der Waals surface area contributed by atoms with Gasteiger partial charge in [0.15, 0.2) is 0 Å². The number of hydrogen-bond donors (Lipinski definition) is 3. The number of aromatic amines is 1. The number of rotatable bonds is 3. The van der Waals surface area contributed by atoms with E-state index in [1.807, 2.05) is 42.5 Å². The predicted molar refractivity (Wildman–Crippen MR) is 86.2 cm³/mol. The van der Waals surface area contributed by atoms with E-state index < -0.39 is 0 Å². The first-order valence-corrected chi connectivity index (χ1v) is 6.83. The van der Waals surface area contributed by atoms with Gasteiger partial charge in [-0.3, -0.25) is 5.32 Å². The number of aromatic nitrogens is 2. The zero-order chi connectivity index (χ0) is 15.5. The number of imidazole rings is 1. The summed E-state index contributed by atoms with van der Waals surface area (Å²) in [5, 5.41) is 5.10. The van der Waals surface area contributed by atoms with E-state index in [4.69, 9.17) is 4.74 Å². The summed E-state index contributed by atoms with van der Waals surface area (Å²) in [6.07, 6.45) is 0. The average molecular weight is 296 g/mol. The van der Waals surface area contributed by atoms with E-state index in [0.717, 1.165) is 27.9 Å². The van der Waals surface area contributed by atoms with Crippen molar-refractivity contribution in [3.05, 3.63) is 42.5 Å². The van der Waals surface area contributed by atoms with Gasteiger partial charge in [-0.05, 0) is 23.8 Å². The Balaban J connectivity index is 2.01. The number of nitrogens with zero attached hydrogens (tertiary/aromatic N) is 1. The molecule has 6 heteroatoms. The predicted octanol–water partition coefficient (Wildman–Crippen LogP) is 2.99. The SMILES string of the molecule is CNC(=O)Nc1nc2ccc(-c3ccccc3OC)cc2[nH]1. The van der Waals surface area contributed by atoms with Crippen molar-refractivity contribution in [1.29, 1.82) is 0 Å². The quantitative estimate of drug-likeness (QED) is 0.695. The summed E-state index contributed by atoms with van der Waals surface area (Å²) in [6.45, 7) is 0. The highest BCUT2D eigenvalue weighted by Gasteiger charge is 2.09. The van der Waals surface area contributed by atoms with Gasteiger partial charge in [0.05, 0.1) is 18.1 Å². The van der Waals surface area contributed by atoms with Crippen LogP contribution in [0.25, 0.3) is 22.2 Å². The molecule has 0 bridgehead atoms. The van der Waals surface area contributed by atoms with Crippen LogP contribution in [0.5, 0.6) is 5.75 Å². The average Bonchev–Trinajstić information content (AvgIpc) is 2.95. The fourth-order valence-electron chi connectivity index (χ4n) is 2.29. The summed E-state index contributed by atoms with van der Waals surface area (Å²) >= 11 is 0. The Morgan fingerprint density at radius 2 is 2.05 bits per heavy atom. The smallest absolute Gasteiger partial charge is 0.321 e. The molecule has 0 fully saturated rings. The number of benzene rings is 2. The molecule has 22 heavy (non-hydrogen) atoms. The highest BCUT2D eigenvalue weighted by Crippen LogP contribution is 2.31. The van der Waals surface area contributed by atoms with Gasteiger partial charge in [0, 0.05) is 12.6 Å². The lowest BCUT2D eigenvalue weighted by Gasteiger charge is -2.07. The van der Waals surface area contributed by atoms with Crippen molar-refractivity contribution in [3.8, 4) is 16.9 Å². The number of amides is 2. The van der Waals surface area contributed by atoms with E-state index in [1.54, 1.807) is 14.2 Å². The topological polar surface area (TPSA) is 79.0 Å². The second-order valence-electron chi connectivity index (χ2n) is 4.72. The van der Waals surface area contributed by atoms with Crippen LogP contribution >= 0.6 is 0 Å². The molecule has 0 radical (unpaired) electrons. The number of carbonyl (C=O) groups excluding carboxylic acids is 1. The fourth-order valence-corrected chi connectivity index (χ4v) is 2.29. The Bertz CT molecular complexity index is 826. The zero-order valence-corrected chi connectivity index (χ0v) is 12.3. The second kappa shape index (κ2) is 5.77. The van der Waals surface area contributed by atoms with Crippen LogP contribution in [0.4, 0.5) is 10.7 Å². The molecule has 3 N–H and O–H groups in total. The van der Waals surface area contributed by atoms with Gasteiger partial charge in [0.1, 0.15) is 5.75 Å². The van der Waals surface area contributed by atoms with Crippen molar-refractivity contribution in [1.82, 2.24) is 15.3 Å². The van der Waals surface area contributed by atoms with Crippen LogP contribution in [0.1, 0.15) is 0 Å². The van der Waals surface area contributed by atoms with Crippen LogP contribution in [-0.4, -0.2) is 30.2 Å². The molecule has 2 amide bonds. The highest BCUT2D eigenvalue weighted by atomic mass is 16.5. The highest BCUT2D eigenvalue weighted by molar-refractivity contribution is 5.90. The Hall–Kier alpha value is -3.02. The van der Waals surface area contributed by atoms with Crippen molar-refractivity contribution in [2.24, 2.45) is 0 Å². The van der Waals surface area contributed by atoms with Crippen LogP contribution in [0, 0.1) is 0 Å². The lowest BCUT2D eigenvalue weighted by molar-refractivity contribution is 0.254. The first kappa shape index (κ1) is 13.9. The van der Waals surface area contributed by atoms with Crippen molar-refractivity contribution in [3.63, 3.8) is 0 Å². The molecule has 6 nitrogen and oxygen atoms in total. The molecular weight excluding hydrogens is 280 g/mol. The molecule has 0 saturated heterocycles. The number of urea groups is 1. The van der Waals surface area contributed by atoms with E-state index in [2.05, 4.69) is 20.6 Å². The Morgan fingerprint density at radius 3 is 2.82 bits per heavy atom. The molecule has 0 atom stereocenters. The minimum Gasteiger partial charge on any atom is -0.496 e. The number of carbonyl (C=O) groups is 1. The number of ether oxygens (including phenoxy) is 1. The van der Waals surface area contributed by atoms with Crippen LogP contribution in [0.3, 0.4) is 0 Å². The molecule has 1 aromatic heterocycles. The number of H-pyrrole nitrogens is 1. The van der Waals surface area contributed by atoms with Crippen LogP contribution in [0.2, 0.25) is 0 Å². The molecule has 0 aliphatic rings. The second-order valence-corrected chi connectivity index (χ2v) is 4.72. The van der Waals surface area contributed by atoms with E-state index in [9.17, 15) is 4.79 Å². The third kappa shape index (κ3) is 2.58. The maximum Gasteiger partial charge on any atom is 0.321 e. The van der Waals surface area contributed by atoms with Gasteiger partial charge < -0.3 is 15.0 Å². The summed E-state index contributed by atoms with van der Waals surface area (Å²) in [4.78, 5) is 18.7. The fraction of sp³-hybridized carbons (Fsp3) is 0.125. The van der Waals surface area contributed by atoms with Crippen molar-refractivity contribution in [2.75, 3.05) is 19.5 Å². The molecule has 3 rings (SSSR count). The number of nitrogens with one attached hydrogen (secondary N) is 3. The van der Waals surface area contributed by atoms with Gasteiger partial charge >= 0.3 is 6.03 Å². The molecule has 2 aromatic carbocycles. The first-order chi connectivity index (χ1) is 10.7. The first-order valence-electron chi connectivity index (χ1n) is 6.83. The Morgan fingerprint density at radius 1 is 1.23 bits per heavy atom. The molecule has 112 valence electrons. The molecule has 1 heterocycles. The van der Waals surface area contributed by atoms with Crippen LogP contribution in [0.15, 0.2) is 42.5 Å². The summed E-state index contributed by atoms with van der Waals surface area (Å²) in [7, 11) is 3.21. The van der Waals surface area contributed by atoms with E-state index in [1.165, 1.54) is 0 Å². The molecular formula is C16H16N4O2.